The van der Waals surface area contributed by atoms with Crippen LogP contribution in [0.5, 0.6) is 0 Å². The minimum Gasteiger partial charge on any atom is -0.292 e. The number of thiophene rings is 1. The van der Waals surface area contributed by atoms with Crippen molar-refractivity contribution < 1.29 is 4.79 Å². The van der Waals surface area contributed by atoms with Crippen molar-refractivity contribution >= 4 is 39.1 Å². The second-order valence-electron chi connectivity index (χ2n) is 6.47. The summed E-state index contributed by atoms with van der Waals surface area (Å²) in [4.78, 5) is 32.1. The van der Waals surface area contributed by atoms with E-state index in [9.17, 15) is 9.59 Å². The number of benzene rings is 1. The normalized spacial score (nSPS) is 11.4. The van der Waals surface area contributed by atoms with Crippen LogP contribution in [0.3, 0.4) is 0 Å². The van der Waals surface area contributed by atoms with Crippen LogP contribution in [0.4, 0.5) is 0 Å². The molecule has 2 heterocycles. The monoisotopic (exact) mass is 386 g/mol. The van der Waals surface area contributed by atoms with E-state index in [4.69, 9.17) is 0 Å². The van der Waals surface area contributed by atoms with Gasteiger partial charge >= 0.3 is 0 Å². The van der Waals surface area contributed by atoms with Crippen LogP contribution in [0.1, 0.15) is 47.5 Å². The Labute approximate surface area is 161 Å². The average molecular weight is 387 g/mol. The number of hydrogen-bond donors (Lipinski definition) is 0. The smallest absolute Gasteiger partial charge is 0.263 e. The van der Waals surface area contributed by atoms with Crippen LogP contribution < -0.4 is 5.56 Å². The van der Waals surface area contributed by atoms with Gasteiger partial charge in [-0.2, -0.15) is 0 Å². The van der Waals surface area contributed by atoms with E-state index in [1.54, 1.807) is 11.3 Å². The number of nitrogens with zero attached hydrogens (tertiary/aromatic N) is 2. The Morgan fingerprint density at radius 1 is 1.27 bits per heavy atom. The van der Waals surface area contributed by atoms with Crippen LogP contribution in [0.2, 0.25) is 0 Å². The van der Waals surface area contributed by atoms with Gasteiger partial charge in [-0.05, 0) is 30.2 Å². The van der Waals surface area contributed by atoms with Crippen LogP contribution in [-0.4, -0.2) is 21.6 Å². The maximum atomic E-state index is 12.9. The Kier molecular flexibility index (Phi) is 5.63. The molecule has 0 atom stereocenters. The third kappa shape index (κ3) is 3.62. The van der Waals surface area contributed by atoms with Gasteiger partial charge in [0.2, 0.25) is 0 Å². The number of aryl methyl sites for hydroxylation is 1. The molecule has 136 valence electrons. The first-order valence-corrected chi connectivity index (χ1v) is 10.7. The number of rotatable bonds is 6. The summed E-state index contributed by atoms with van der Waals surface area (Å²) >= 11 is 2.94. The summed E-state index contributed by atoms with van der Waals surface area (Å²) in [5.41, 5.74) is 1.67. The van der Waals surface area contributed by atoms with E-state index in [-0.39, 0.29) is 17.9 Å². The van der Waals surface area contributed by atoms with E-state index < -0.39 is 0 Å². The highest BCUT2D eigenvalue weighted by atomic mass is 32.2. The number of fused-ring (bicyclic) bond motifs is 1. The molecule has 0 saturated carbocycles. The molecule has 0 unspecified atom stereocenters. The molecule has 0 radical (unpaired) electrons. The molecule has 2 aromatic heterocycles. The van der Waals surface area contributed by atoms with E-state index >= 15 is 0 Å². The van der Waals surface area contributed by atoms with E-state index in [0.717, 1.165) is 16.1 Å². The lowest BCUT2D eigenvalue weighted by molar-refractivity contribution is 0.0967. The van der Waals surface area contributed by atoms with Gasteiger partial charge in [0, 0.05) is 10.4 Å². The number of thioether (sulfide) groups is 1. The fraction of sp³-hybridized carbons (Fsp3) is 0.350. The molecular formula is C20H22N2O2S2. The largest absolute Gasteiger partial charge is 0.292 e. The fourth-order valence-corrected chi connectivity index (χ4v) is 4.37. The van der Waals surface area contributed by atoms with Gasteiger partial charge in [-0.15, -0.1) is 11.3 Å². The zero-order chi connectivity index (χ0) is 18.8. The SMILES string of the molecule is CCc1cc2c(=O)n(CC(=O)c3ccc(C(C)C)cc3)c(SC)nc2s1. The zero-order valence-electron chi connectivity index (χ0n) is 15.4. The highest BCUT2D eigenvalue weighted by Crippen LogP contribution is 2.24. The number of aromatic nitrogens is 2. The molecule has 6 heteroatoms. The first-order chi connectivity index (χ1) is 12.4. The zero-order valence-corrected chi connectivity index (χ0v) is 17.0. The minimum atomic E-state index is -0.137. The Balaban J connectivity index is 1.97. The molecule has 0 bridgehead atoms. The molecule has 3 rings (SSSR count). The third-order valence-electron chi connectivity index (χ3n) is 4.40. The second kappa shape index (κ2) is 7.76. The standard InChI is InChI=1S/C20H22N2O2S2/c1-5-15-10-16-18(26-15)21-20(25-4)22(19(16)24)11-17(23)14-8-6-13(7-9-14)12(2)3/h6-10,12H,5,11H2,1-4H3. The summed E-state index contributed by atoms with van der Waals surface area (Å²) in [6.45, 7) is 6.31. The average Bonchev–Trinajstić information content (AvgIpc) is 3.07. The minimum absolute atomic E-state index is 0.0102. The highest BCUT2D eigenvalue weighted by Gasteiger charge is 2.16. The molecule has 0 fully saturated rings. The lowest BCUT2D eigenvalue weighted by Gasteiger charge is -2.11. The highest BCUT2D eigenvalue weighted by molar-refractivity contribution is 7.98. The van der Waals surface area contributed by atoms with E-state index in [1.807, 2.05) is 36.6 Å². The third-order valence-corrected chi connectivity index (χ3v) is 6.25. The Morgan fingerprint density at radius 2 is 1.96 bits per heavy atom. The van der Waals surface area contributed by atoms with Gasteiger partial charge in [0.25, 0.3) is 5.56 Å². The first kappa shape index (κ1) is 18.9. The Hall–Kier alpha value is -1.92. The van der Waals surface area contributed by atoms with E-state index in [2.05, 4.69) is 25.8 Å². The van der Waals surface area contributed by atoms with Crippen LogP contribution in [0, 0.1) is 0 Å². The van der Waals surface area contributed by atoms with Crippen molar-refractivity contribution in [2.45, 2.75) is 44.8 Å². The predicted molar refractivity (Wildman–Crippen MR) is 110 cm³/mol. The molecule has 0 aliphatic heterocycles. The molecule has 4 nitrogen and oxygen atoms in total. The molecular weight excluding hydrogens is 364 g/mol. The molecule has 3 aromatic rings. The van der Waals surface area contributed by atoms with Crippen LogP contribution in [-0.2, 0) is 13.0 Å². The molecule has 1 aromatic carbocycles. The molecule has 0 N–H and O–H groups in total. The van der Waals surface area contributed by atoms with Gasteiger partial charge in [-0.3, -0.25) is 14.2 Å². The van der Waals surface area contributed by atoms with Crippen molar-refractivity contribution in [3.8, 4) is 0 Å². The Bertz CT molecular complexity index is 1000. The van der Waals surface area contributed by atoms with Crippen LogP contribution in [0.15, 0.2) is 40.3 Å². The molecule has 0 aliphatic rings. The number of Topliss-reactive ketones (excluding diaryl/α,β-unsaturated/α-hetero) is 1. The van der Waals surface area contributed by atoms with Gasteiger partial charge in [-0.1, -0.05) is 56.8 Å². The second-order valence-corrected chi connectivity index (χ2v) is 8.36. The lowest BCUT2D eigenvalue weighted by Crippen LogP contribution is -2.26. The van der Waals surface area contributed by atoms with Crippen molar-refractivity contribution in [2.75, 3.05) is 6.26 Å². The fourth-order valence-electron chi connectivity index (χ4n) is 2.81. The van der Waals surface area contributed by atoms with Crippen molar-refractivity contribution in [1.29, 1.82) is 0 Å². The van der Waals surface area contributed by atoms with Crippen molar-refractivity contribution in [3.63, 3.8) is 0 Å². The molecule has 0 saturated heterocycles. The first-order valence-electron chi connectivity index (χ1n) is 8.65. The molecule has 0 amide bonds. The van der Waals surface area contributed by atoms with E-state index in [0.29, 0.717) is 22.0 Å². The predicted octanol–water partition coefficient (Wildman–Crippen LogP) is 4.75. The molecule has 0 spiro atoms. The summed E-state index contributed by atoms with van der Waals surface area (Å²) in [6.07, 6.45) is 2.75. The topological polar surface area (TPSA) is 52.0 Å². The summed E-state index contributed by atoms with van der Waals surface area (Å²) in [7, 11) is 0. The lowest BCUT2D eigenvalue weighted by atomic mass is 10.0. The van der Waals surface area contributed by atoms with Gasteiger partial charge in [0.15, 0.2) is 10.9 Å². The van der Waals surface area contributed by atoms with Gasteiger partial charge in [-0.25, -0.2) is 4.98 Å². The number of hydrogen-bond acceptors (Lipinski definition) is 5. The van der Waals surface area contributed by atoms with Crippen LogP contribution in [0.25, 0.3) is 10.2 Å². The molecule has 0 aliphatic carbocycles. The summed E-state index contributed by atoms with van der Waals surface area (Å²) in [5.74, 6) is 0.340. The Morgan fingerprint density at radius 3 is 2.54 bits per heavy atom. The van der Waals surface area contributed by atoms with Crippen molar-refractivity contribution in [1.82, 2.24) is 9.55 Å². The van der Waals surface area contributed by atoms with Crippen LogP contribution >= 0.6 is 23.1 Å². The van der Waals surface area contributed by atoms with Gasteiger partial charge in [0.05, 0.1) is 11.9 Å². The number of carbonyl (C=O) groups is 1. The van der Waals surface area contributed by atoms with Crippen molar-refractivity contribution in [3.05, 3.63) is 56.7 Å². The van der Waals surface area contributed by atoms with Gasteiger partial charge in [0.1, 0.15) is 4.83 Å². The summed E-state index contributed by atoms with van der Waals surface area (Å²) in [6, 6.07) is 9.53. The van der Waals surface area contributed by atoms with Crippen molar-refractivity contribution in [2.24, 2.45) is 0 Å². The summed E-state index contributed by atoms with van der Waals surface area (Å²) < 4.78 is 1.50. The maximum Gasteiger partial charge on any atom is 0.263 e. The molecule has 26 heavy (non-hydrogen) atoms. The van der Waals surface area contributed by atoms with E-state index in [1.165, 1.54) is 21.9 Å². The number of carbonyl (C=O) groups excluding carboxylic acids is 1. The maximum absolute atomic E-state index is 12.9. The van der Waals surface area contributed by atoms with Gasteiger partial charge < -0.3 is 0 Å². The quantitative estimate of drug-likeness (QED) is 0.348. The summed E-state index contributed by atoms with van der Waals surface area (Å²) in [5, 5.41) is 1.19. The number of ketones is 1.